The zero-order chi connectivity index (χ0) is 44.5. The molecule has 0 aromatic rings. The fourth-order valence-corrected chi connectivity index (χ4v) is 8.36. The Morgan fingerprint density at radius 2 is 0.574 bits per heavy atom. The van der Waals surface area contributed by atoms with Gasteiger partial charge in [-0.1, -0.05) is 272 Å². The summed E-state index contributed by atoms with van der Waals surface area (Å²) in [5.74, 6) is 0.00678. The van der Waals surface area contributed by atoms with E-state index in [2.05, 4.69) is 27.7 Å². The number of carbonyl (C=O) groups is 3. The molecule has 362 valence electrons. The molecule has 0 heterocycles. The molecule has 0 aromatic carbocycles. The first-order valence-electron chi connectivity index (χ1n) is 27.4. The van der Waals surface area contributed by atoms with E-state index in [1.807, 2.05) is 0 Å². The van der Waals surface area contributed by atoms with Crippen LogP contribution in [0.3, 0.4) is 0 Å². The number of esters is 3. The van der Waals surface area contributed by atoms with Crippen LogP contribution in [0.2, 0.25) is 0 Å². The summed E-state index contributed by atoms with van der Waals surface area (Å²) < 4.78 is 16.8. The fraction of sp³-hybridized carbons (Fsp3) is 0.945. The van der Waals surface area contributed by atoms with Gasteiger partial charge in [0.2, 0.25) is 0 Å². The molecule has 6 nitrogen and oxygen atoms in total. The van der Waals surface area contributed by atoms with Gasteiger partial charge in [0.15, 0.2) is 6.10 Å². The fourth-order valence-electron chi connectivity index (χ4n) is 8.36. The Morgan fingerprint density at radius 3 is 0.852 bits per heavy atom. The Hall–Kier alpha value is -1.59. The lowest BCUT2D eigenvalue weighted by molar-refractivity contribution is -0.167. The number of hydrogen-bond donors (Lipinski definition) is 0. The van der Waals surface area contributed by atoms with Gasteiger partial charge >= 0.3 is 17.9 Å². The third-order valence-electron chi connectivity index (χ3n) is 12.9. The molecule has 0 aliphatic rings. The van der Waals surface area contributed by atoms with Gasteiger partial charge in [-0.3, -0.25) is 14.4 Å². The summed E-state index contributed by atoms with van der Waals surface area (Å²) in [4.78, 5) is 38.0. The molecule has 0 aliphatic heterocycles. The number of carbonyl (C=O) groups excluding carboxylic acids is 3. The molecule has 0 saturated carbocycles. The van der Waals surface area contributed by atoms with Crippen molar-refractivity contribution in [1.82, 2.24) is 0 Å². The highest BCUT2D eigenvalue weighted by molar-refractivity contribution is 5.71. The highest BCUT2D eigenvalue weighted by atomic mass is 16.6. The van der Waals surface area contributed by atoms with Gasteiger partial charge in [-0.25, -0.2) is 0 Å². The molecular formula is C55H106O6. The first-order chi connectivity index (χ1) is 29.9. The van der Waals surface area contributed by atoms with E-state index in [9.17, 15) is 14.4 Å². The summed E-state index contributed by atoms with van der Waals surface area (Å²) >= 11 is 0. The highest BCUT2D eigenvalue weighted by Crippen LogP contribution is 2.18. The normalized spacial score (nSPS) is 12.4. The molecule has 61 heavy (non-hydrogen) atoms. The van der Waals surface area contributed by atoms with Crippen LogP contribution < -0.4 is 0 Å². The minimum absolute atomic E-state index is 0.0626. The van der Waals surface area contributed by atoms with Gasteiger partial charge < -0.3 is 14.2 Å². The van der Waals surface area contributed by atoms with Crippen molar-refractivity contribution in [3.63, 3.8) is 0 Å². The molecule has 0 fully saturated rings. The SMILES string of the molecule is CCCCCCCCCCCCCCCCCCC(=O)OC[C@@H](COC(=O)CCCCCCCCCCC(C)CC)OC(=O)CCCCCCCCCCCCCCCCC. The maximum atomic E-state index is 12.8. The van der Waals surface area contributed by atoms with Crippen LogP contribution in [0.4, 0.5) is 0 Å². The van der Waals surface area contributed by atoms with Crippen LogP contribution in [0.15, 0.2) is 0 Å². The average Bonchev–Trinajstić information content (AvgIpc) is 3.26. The molecule has 0 saturated heterocycles. The first kappa shape index (κ1) is 59.4. The van der Waals surface area contributed by atoms with Crippen LogP contribution in [0.1, 0.15) is 310 Å². The molecular weight excluding hydrogens is 757 g/mol. The summed E-state index contributed by atoms with van der Waals surface area (Å²) in [5, 5.41) is 0. The van der Waals surface area contributed by atoms with Crippen LogP contribution in [0.5, 0.6) is 0 Å². The number of rotatable bonds is 50. The van der Waals surface area contributed by atoms with E-state index >= 15 is 0 Å². The van der Waals surface area contributed by atoms with Crippen molar-refractivity contribution in [2.45, 2.75) is 316 Å². The van der Waals surface area contributed by atoms with Crippen LogP contribution >= 0.6 is 0 Å². The van der Waals surface area contributed by atoms with Gasteiger partial charge in [-0.15, -0.1) is 0 Å². The molecule has 2 atom stereocenters. The maximum Gasteiger partial charge on any atom is 0.306 e. The number of ether oxygens (including phenoxy) is 3. The van der Waals surface area contributed by atoms with Crippen molar-refractivity contribution in [3.05, 3.63) is 0 Å². The predicted molar refractivity (Wildman–Crippen MR) is 261 cm³/mol. The largest absolute Gasteiger partial charge is 0.462 e. The van der Waals surface area contributed by atoms with Gasteiger partial charge in [0, 0.05) is 19.3 Å². The van der Waals surface area contributed by atoms with E-state index in [1.54, 1.807) is 0 Å². The summed E-state index contributed by atoms with van der Waals surface area (Å²) in [6.45, 7) is 9.05. The molecule has 0 aliphatic carbocycles. The van der Waals surface area contributed by atoms with Crippen molar-refractivity contribution in [2.75, 3.05) is 13.2 Å². The number of unbranched alkanes of at least 4 members (excludes halogenated alkanes) is 36. The molecule has 0 radical (unpaired) electrons. The molecule has 0 N–H and O–H groups in total. The second kappa shape index (κ2) is 49.4. The van der Waals surface area contributed by atoms with Crippen molar-refractivity contribution >= 4 is 17.9 Å². The van der Waals surface area contributed by atoms with Crippen LogP contribution in [-0.4, -0.2) is 37.2 Å². The minimum atomic E-state index is -0.761. The van der Waals surface area contributed by atoms with E-state index < -0.39 is 6.10 Å². The third kappa shape index (κ3) is 47.7. The number of hydrogen-bond acceptors (Lipinski definition) is 6. The molecule has 6 heteroatoms. The smallest absolute Gasteiger partial charge is 0.306 e. The van der Waals surface area contributed by atoms with Gasteiger partial charge in [-0.2, -0.15) is 0 Å². The topological polar surface area (TPSA) is 78.9 Å². The second-order valence-corrected chi connectivity index (χ2v) is 19.1. The summed E-state index contributed by atoms with van der Waals surface area (Å²) in [7, 11) is 0. The quantitative estimate of drug-likeness (QED) is 0.0344. The Balaban J connectivity index is 4.30. The summed E-state index contributed by atoms with van der Waals surface area (Å²) in [6, 6.07) is 0. The third-order valence-corrected chi connectivity index (χ3v) is 12.9. The van der Waals surface area contributed by atoms with Crippen molar-refractivity contribution in [2.24, 2.45) is 5.92 Å². The van der Waals surface area contributed by atoms with E-state index in [1.165, 1.54) is 205 Å². The Kier molecular flexibility index (Phi) is 48.1. The van der Waals surface area contributed by atoms with Crippen molar-refractivity contribution in [1.29, 1.82) is 0 Å². The Bertz CT molecular complexity index is 920. The maximum absolute atomic E-state index is 12.8. The lowest BCUT2D eigenvalue weighted by Crippen LogP contribution is -2.30. The lowest BCUT2D eigenvalue weighted by atomic mass is 9.99. The van der Waals surface area contributed by atoms with E-state index in [0.717, 1.165) is 63.7 Å². The van der Waals surface area contributed by atoms with Gasteiger partial charge in [-0.05, 0) is 25.2 Å². The second-order valence-electron chi connectivity index (χ2n) is 19.1. The summed E-state index contributed by atoms with van der Waals surface area (Å²) in [6.07, 6.45) is 52.2. The Morgan fingerprint density at radius 1 is 0.328 bits per heavy atom. The molecule has 0 bridgehead atoms. The van der Waals surface area contributed by atoms with E-state index in [4.69, 9.17) is 14.2 Å². The van der Waals surface area contributed by atoms with Crippen molar-refractivity contribution in [3.8, 4) is 0 Å². The predicted octanol–water partition coefficient (Wildman–Crippen LogP) is 17.8. The lowest BCUT2D eigenvalue weighted by Gasteiger charge is -2.18. The van der Waals surface area contributed by atoms with E-state index in [-0.39, 0.29) is 31.1 Å². The zero-order valence-electron chi connectivity index (χ0n) is 41.6. The van der Waals surface area contributed by atoms with Crippen LogP contribution in [0.25, 0.3) is 0 Å². The van der Waals surface area contributed by atoms with Gasteiger partial charge in [0.25, 0.3) is 0 Å². The Labute approximate surface area is 380 Å². The first-order valence-corrected chi connectivity index (χ1v) is 27.4. The zero-order valence-corrected chi connectivity index (χ0v) is 41.6. The van der Waals surface area contributed by atoms with Gasteiger partial charge in [0.05, 0.1) is 0 Å². The molecule has 1 unspecified atom stereocenters. The van der Waals surface area contributed by atoms with E-state index in [0.29, 0.717) is 19.3 Å². The monoisotopic (exact) mass is 863 g/mol. The van der Waals surface area contributed by atoms with Crippen molar-refractivity contribution < 1.29 is 28.6 Å². The highest BCUT2D eigenvalue weighted by Gasteiger charge is 2.19. The summed E-state index contributed by atoms with van der Waals surface area (Å²) in [5.41, 5.74) is 0. The molecule has 0 spiro atoms. The standard InChI is InChI=1S/C55H106O6/c1-5-8-10-12-14-16-18-20-22-24-25-27-29-34-38-42-46-53(56)59-49-52(50-60-54(57)47-43-39-35-32-31-33-37-41-45-51(4)7-3)61-55(58)48-44-40-36-30-28-26-23-21-19-17-15-13-11-9-6-2/h51-52H,5-50H2,1-4H3/t51?,52-/m0/s1. The molecule has 0 aromatic heterocycles. The minimum Gasteiger partial charge on any atom is -0.462 e. The van der Waals surface area contributed by atoms with Crippen LogP contribution in [-0.2, 0) is 28.6 Å². The van der Waals surface area contributed by atoms with Crippen LogP contribution in [0, 0.1) is 5.92 Å². The molecule has 0 amide bonds. The molecule has 0 rings (SSSR count). The average molecular weight is 863 g/mol. The van der Waals surface area contributed by atoms with Gasteiger partial charge in [0.1, 0.15) is 13.2 Å².